The first-order valence-corrected chi connectivity index (χ1v) is 7.20. The molecular formula is C17H17N3O3. The van der Waals surface area contributed by atoms with Crippen molar-refractivity contribution >= 4 is 16.6 Å². The maximum absolute atomic E-state index is 5.84. The van der Waals surface area contributed by atoms with Crippen molar-refractivity contribution < 1.29 is 14.2 Å². The number of nitrogens with two attached hydrogens (primary N) is 1. The summed E-state index contributed by atoms with van der Waals surface area (Å²) in [6.07, 6.45) is 1.45. The second-order valence-corrected chi connectivity index (χ2v) is 4.81. The SMILES string of the molecule is CCOc1cc2ncnc(Oc3cccc(N)c3)c2cc1OC. The van der Waals surface area contributed by atoms with Crippen molar-refractivity contribution in [3.63, 3.8) is 0 Å². The quantitative estimate of drug-likeness (QED) is 0.727. The lowest BCUT2D eigenvalue weighted by atomic mass is 10.2. The van der Waals surface area contributed by atoms with Crippen molar-refractivity contribution in [2.45, 2.75) is 6.92 Å². The molecule has 2 N–H and O–H groups in total. The van der Waals surface area contributed by atoms with Crippen LogP contribution in [0, 0.1) is 0 Å². The van der Waals surface area contributed by atoms with Gasteiger partial charge in [0.25, 0.3) is 0 Å². The van der Waals surface area contributed by atoms with Gasteiger partial charge in [0.1, 0.15) is 12.1 Å². The highest BCUT2D eigenvalue weighted by Gasteiger charge is 2.12. The number of anilines is 1. The summed E-state index contributed by atoms with van der Waals surface area (Å²) < 4.78 is 16.8. The molecule has 1 heterocycles. The Kier molecular flexibility index (Phi) is 4.14. The van der Waals surface area contributed by atoms with Crippen molar-refractivity contribution in [1.29, 1.82) is 0 Å². The number of hydrogen-bond donors (Lipinski definition) is 1. The van der Waals surface area contributed by atoms with Gasteiger partial charge in [-0.1, -0.05) is 6.07 Å². The van der Waals surface area contributed by atoms with Crippen LogP contribution in [-0.4, -0.2) is 23.7 Å². The normalized spacial score (nSPS) is 10.5. The fourth-order valence-corrected chi connectivity index (χ4v) is 2.24. The predicted molar refractivity (Wildman–Crippen MR) is 88.2 cm³/mol. The van der Waals surface area contributed by atoms with Gasteiger partial charge in [0.2, 0.25) is 5.88 Å². The van der Waals surface area contributed by atoms with Gasteiger partial charge in [0.15, 0.2) is 11.5 Å². The molecule has 0 aliphatic rings. The first-order valence-electron chi connectivity index (χ1n) is 7.20. The van der Waals surface area contributed by atoms with Crippen LogP contribution in [0.15, 0.2) is 42.7 Å². The molecule has 1 aromatic heterocycles. The third-order valence-electron chi connectivity index (χ3n) is 3.26. The number of fused-ring (bicyclic) bond motifs is 1. The van der Waals surface area contributed by atoms with Gasteiger partial charge < -0.3 is 19.9 Å². The van der Waals surface area contributed by atoms with Gasteiger partial charge in [0, 0.05) is 17.8 Å². The number of nitrogen functional groups attached to an aromatic ring is 1. The molecule has 0 amide bonds. The van der Waals surface area contributed by atoms with Gasteiger partial charge in [-0.2, -0.15) is 0 Å². The number of nitrogens with zero attached hydrogens (tertiary/aromatic N) is 2. The van der Waals surface area contributed by atoms with Crippen LogP contribution in [0.1, 0.15) is 6.92 Å². The van der Waals surface area contributed by atoms with Crippen LogP contribution < -0.4 is 19.9 Å². The third kappa shape index (κ3) is 3.11. The van der Waals surface area contributed by atoms with Crippen molar-refractivity contribution in [3.8, 4) is 23.1 Å². The average molecular weight is 311 g/mol. The minimum absolute atomic E-state index is 0.432. The Labute approximate surface area is 133 Å². The Bertz CT molecular complexity index is 836. The molecule has 23 heavy (non-hydrogen) atoms. The molecule has 6 nitrogen and oxygen atoms in total. The Morgan fingerprint density at radius 3 is 2.70 bits per heavy atom. The fourth-order valence-electron chi connectivity index (χ4n) is 2.24. The number of ether oxygens (including phenoxy) is 3. The molecule has 0 aliphatic heterocycles. The standard InChI is InChI=1S/C17H17N3O3/c1-3-22-16-9-14-13(8-15(16)21-2)17(20-10-19-14)23-12-6-4-5-11(18)7-12/h4-10H,3,18H2,1-2H3. The average Bonchev–Trinajstić information content (AvgIpc) is 2.55. The summed E-state index contributed by atoms with van der Waals surface area (Å²) in [6.45, 7) is 2.46. The monoisotopic (exact) mass is 311 g/mol. The highest BCUT2D eigenvalue weighted by atomic mass is 16.5. The number of methoxy groups -OCH3 is 1. The van der Waals surface area contributed by atoms with Crippen molar-refractivity contribution in [2.24, 2.45) is 0 Å². The Hall–Kier alpha value is -3.02. The largest absolute Gasteiger partial charge is 0.493 e. The van der Waals surface area contributed by atoms with Crippen LogP contribution in [-0.2, 0) is 0 Å². The van der Waals surface area contributed by atoms with E-state index in [0.717, 1.165) is 5.39 Å². The topological polar surface area (TPSA) is 79.5 Å². The van der Waals surface area contributed by atoms with Gasteiger partial charge in [-0.05, 0) is 25.1 Å². The van der Waals surface area contributed by atoms with Crippen LogP contribution in [0.4, 0.5) is 5.69 Å². The molecule has 0 atom stereocenters. The molecule has 3 aromatic rings. The summed E-state index contributed by atoms with van der Waals surface area (Å²) >= 11 is 0. The second-order valence-electron chi connectivity index (χ2n) is 4.81. The molecule has 118 valence electrons. The van der Waals surface area contributed by atoms with E-state index < -0.39 is 0 Å². The van der Waals surface area contributed by atoms with Crippen LogP contribution in [0.25, 0.3) is 10.9 Å². The lowest BCUT2D eigenvalue weighted by Gasteiger charge is -2.12. The molecule has 0 bridgehead atoms. The summed E-state index contributed by atoms with van der Waals surface area (Å²) in [5.41, 5.74) is 7.11. The van der Waals surface area contributed by atoms with Gasteiger partial charge in [-0.15, -0.1) is 0 Å². The summed E-state index contributed by atoms with van der Waals surface area (Å²) in [7, 11) is 1.59. The summed E-state index contributed by atoms with van der Waals surface area (Å²) in [6, 6.07) is 10.8. The van der Waals surface area contributed by atoms with Gasteiger partial charge in [-0.3, -0.25) is 0 Å². The Balaban J connectivity index is 2.07. The number of rotatable bonds is 5. The van der Waals surface area contributed by atoms with Crippen molar-refractivity contribution in [1.82, 2.24) is 9.97 Å². The highest BCUT2D eigenvalue weighted by Crippen LogP contribution is 2.36. The van der Waals surface area contributed by atoms with E-state index in [1.807, 2.05) is 31.2 Å². The van der Waals surface area contributed by atoms with E-state index in [2.05, 4.69) is 9.97 Å². The van der Waals surface area contributed by atoms with E-state index in [4.69, 9.17) is 19.9 Å². The molecule has 0 radical (unpaired) electrons. The summed E-state index contributed by atoms with van der Waals surface area (Å²) in [4.78, 5) is 8.48. The highest BCUT2D eigenvalue weighted by molar-refractivity contribution is 5.87. The predicted octanol–water partition coefficient (Wildman–Crippen LogP) is 3.41. The van der Waals surface area contributed by atoms with Crippen molar-refractivity contribution in [2.75, 3.05) is 19.5 Å². The molecule has 2 aromatic carbocycles. The van der Waals surface area contributed by atoms with E-state index in [-0.39, 0.29) is 0 Å². The van der Waals surface area contributed by atoms with Crippen LogP contribution in [0.2, 0.25) is 0 Å². The smallest absolute Gasteiger partial charge is 0.230 e. The molecule has 0 spiro atoms. The number of hydrogen-bond acceptors (Lipinski definition) is 6. The second kappa shape index (κ2) is 6.39. The zero-order valence-corrected chi connectivity index (χ0v) is 12.9. The van der Waals surface area contributed by atoms with E-state index in [1.165, 1.54) is 6.33 Å². The summed E-state index contributed by atoms with van der Waals surface area (Å²) in [5.74, 6) is 2.28. The molecule has 3 rings (SSSR count). The van der Waals surface area contributed by atoms with E-state index >= 15 is 0 Å². The van der Waals surface area contributed by atoms with Crippen molar-refractivity contribution in [3.05, 3.63) is 42.7 Å². The third-order valence-corrected chi connectivity index (χ3v) is 3.26. The molecular weight excluding hydrogens is 294 g/mol. The Morgan fingerprint density at radius 2 is 1.96 bits per heavy atom. The van der Waals surface area contributed by atoms with Gasteiger partial charge in [-0.25, -0.2) is 9.97 Å². The molecule has 0 saturated carbocycles. The van der Waals surface area contributed by atoms with Crippen LogP contribution in [0.5, 0.6) is 23.1 Å². The lowest BCUT2D eigenvalue weighted by molar-refractivity contribution is 0.311. The molecule has 0 unspecified atom stereocenters. The minimum Gasteiger partial charge on any atom is -0.493 e. The lowest BCUT2D eigenvalue weighted by Crippen LogP contribution is -1.97. The van der Waals surface area contributed by atoms with Gasteiger partial charge in [0.05, 0.1) is 24.6 Å². The molecule has 0 fully saturated rings. The van der Waals surface area contributed by atoms with Crippen LogP contribution in [0.3, 0.4) is 0 Å². The Morgan fingerprint density at radius 1 is 1.09 bits per heavy atom. The van der Waals surface area contributed by atoms with E-state index in [9.17, 15) is 0 Å². The zero-order chi connectivity index (χ0) is 16.2. The zero-order valence-electron chi connectivity index (χ0n) is 12.9. The number of aromatic nitrogens is 2. The van der Waals surface area contributed by atoms with Gasteiger partial charge >= 0.3 is 0 Å². The maximum Gasteiger partial charge on any atom is 0.230 e. The molecule has 0 aliphatic carbocycles. The molecule has 0 saturated heterocycles. The minimum atomic E-state index is 0.432. The van der Waals surface area contributed by atoms with E-state index in [1.54, 1.807) is 19.2 Å². The molecule has 6 heteroatoms. The number of benzene rings is 2. The first-order chi connectivity index (χ1) is 11.2. The first kappa shape index (κ1) is 14.9. The maximum atomic E-state index is 5.84. The fraction of sp³-hybridized carbons (Fsp3) is 0.176. The van der Waals surface area contributed by atoms with E-state index in [0.29, 0.717) is 40.9 Å². The van der Waals surface area contributed by atoms with Crippen LogP contribution >= 0.6 is 0 Å². The summed E-state index contributed by atoms with van der Waals surface area (Å²) in [5, 5.41) is 0.732.